The van der Waals surface area contributed by atoms with E-state index >= 15 is 0 Å². The Hall–Kier alpha value is -2.05. The van der Waals surface area contributed by atoms with Gasteiger partial charge in [0.15, 0.2) is 5.17 Å². The maximum Gasteiger partial charge on any atom is 0.264 e. The molecule has 3 rings (SSSR count). The summed E-state index contributed by atoms with van der Waals surface area (Å²) in [7, 11) is 0. The van der Waals surface area contributed by atoms with Crippen molar-refractivity contribution in [2.45, 2.75) is 13.8 Å². The van der Waals surface area contributed by atoms with Gasteiger partial charge in [0.25, 0.3) is 5.91 Å². The molecule has 1 saturated heterocycles. The summed E-state index contributed by atoms with van der Waals surface area (Å²) in [5.41, 5.74) is 1.73. The molecule has 6 heteroatoms. The van der Waals surface area contributed by atoms with Crippen LogP contribution in [0.1, 0.15) is 19.4 Å². The minimum Gasteiger partial charge on any atom is -0.493 e. The van der Waals surface area contributed by atoms with Crippen LogP contribution in [0.25, 0.3) is 6.08 Å². The molecule has 1 aliphatic rings. The minimum absolute atomic E-state index is 0.135. The Morgan fingerprint density at radius 3 is 2.69 bits per heavy atom. The topological polar surface area (TPSA) is 50.7 Å². The van der Waals surface area contributed by atoms with Gasteiger partial charge in [0, 0.05) is 4.47 Å². The second-order valence-electron chi connectivity index (χ2n) is 6.24. The second kappa shape index (κ2) is 8.56. The molecule has 1 N–H and O–H groups in total. The lowest BCUT2D eigenvalue weighted by molar-refractivity contribution is -0.115. The summed E-state index contributed by atoms with van der Waals surface area (Å²) in [4.78, 5) is 17.3. The zero-order valence-electron chi connectivity index (χ0n) is 14.5. The van der Waals surface area contributed by atoms with Gasteiger partial charge in [0.2, 0.25) is 0 Å². The van der Waals surface area contributed by atoms with E-state index in [1.807, 2.05) is 54.6 Å². The predicted octanol–water partition coefficient (Wildman–Crippen LogP) is 5.38. The Bertz CT molecular complexity index is 860. The van der Waals surface area contributed by atoms with Crippen molar-refractivity contribution in [2.24, 2.45) is 10.9 Å². The van der Waals surface area contributed by atoms with Crippen LogP contribution in [0, 0.1) is 5.92 Å². The smallest absolute Gasteiger partial charge is 0.264 e. The zero-order chi connectivity index (χ0) is 18.5. The monoisotopic (exact) mass is 430 g/mol. The van der Waals surface area contributed by atoms with Gasteiger partial charge in [-0.05, 0) is 59.7 Å². The van der Waals surface area contributed by atoms with Gasteiger partial charge in [-0.25, -0.2) is 4.99 Å². The van der Waals surface area contributed by atoms with E-state index < -0.39 is 0 Å². The van der Waals surface area contributed by atoms with E-state index in [1.54, 1.807) is 0 Å². The van der Waals surface area contributed by atoms with Crippen LogP contribution >= 0.6 is 27.7 Å². The molecule has 4 nitrogen and oxygen atoms in total. The predicted molar refractivity (Wildman–Crippen MR) is 112 cm³/mol. The molecule has 26 heavy (non-hydrogen) atoms. The normalized spacial score (nSPS) is 17.2. The first kappa shape index (κ1) is 18.7. The number of amidine groups is 1. The summed E-state index contributed by atoms with van der Waals surface area (Å²) >= 11 is 4.76. The van der Waals surface area contributed by atoms with Crippen LogP contribution in [-0.2, 0) is 4.79 Å². The van der Waals surface area contributed by atoms with Crippen LogP contribution < -0.4 is 10.1 Å². The van der Waals surface area contributed by atoms with Gasteiger partial charge in [0.1, 0.15) is 5.75 Å². The summed E-state index contributed by atoms with van der Waals surface area (Å²) in [6.07, 6.45) is 1.86. The number of hydrogen-bond donors (Lipinski definition) is 1. The Kier molecular flexibility index (Phi) is 6.16. The van der Waals surface area contributed by atoms with Gasteiger partial charge in [-0.2, -0.15) is 0 Å². The van der Waals surface area contributed by atoms with Crippen LogP contribution in [0.4, 0.5) is 5.69 Å². The van der Waals surface area contributed by atoms with Crippen LogP contribution in [0.15, 0.2) is 62.9 Å². The van der Waals surface area contributed by atoms with Gasteiger partial charge < -0.3 is 10.1 Å². The number of carbonyl (C=O) groups excluding carboxylic acids is 1. The number of hydrogen-bond acceptors (Lipinski definition) is 4. The first-order chi connectivity index (χ1) is 12.5. The molecule has 2 aromatic rings. The first-order valence-corrected chi connectivity index (χ1v) is 9.88. The maximum atomic E-state index is 12.2. The molecule has 0 unspecified atom stereocenters. The number of benzene rings is 2. The molecule has 0 bridgehead atoms. The van der Waals surface area contributed by atoms with Crippen molar-refractivity contribution in [1.29, 1.82) is 0 Å². The van der Waals surface area contributed by atoms with Crippen molar-refractivity contribution < 1.29 is 9.53 Å². The van der Waals surface area contributed by atoms with E-state index in [9.17, 15) is 4.79 Å². The number of ether oxygens (including phenoxy) is 1. The molecular formula is C20H19BrN2O2S. The van der Waals surface area contributed by atoms with Crippen LogP contribution in [0.5, 0.6) is 5.75 Å². The molecule has 1 amide bonds. The Balaban J connectivity index is 1.70. The van der Waals surface area contributed by atoms with Gasteiger partial charge in [-0.3, -0.25) is 4.79 Å². The minimum atomic E-state index is -0.135. The SMILES string of the molecule is CC(C)COc1ccc(/C=C2\SC(=Nc3cccc(Br)c3)NC2=O)cc1. The van der Waals surface area contributed by atoms with Gasteiger partial charge in [-0.15, -0.1) is 0 Å². The highest BCUT2D eigenvalue weighted by molar-refractivity contribution is 9.10. The highest BCUT2D eigenvalue weighted by atomic mass is 79.9. The Labute approximate surface area is 165 Å². The molecule has 134 valence electrons. The number of amides is 1. The molecule has 1 fully saturated rings. The fourth-order valence-corrected chi connectivity index (χ4v) is 3.45. The van der Waals surface area contributed by atoms with E-state index in [0.29, 0.717) is 22.6 Å². The summed E-state index contributed by atoms with van der Waals surface area (Å²) in [6.45, 7) is 4.91. The van der Waals surface area contributed by atoms with E-state index in [4.69, 9.17) is 4.74 Å². The highest BCUT2D eigenvalue weighted by Gasteiger charge is 2.23. The van der Waals surface area contributed by atoms with Crippen LogP contribution in [0.2, 0.25) is 0 Å². The summed E-state index contributed by atoms with van der Waals surface area (Å²) in [5.74, 6) is 1.18. The molecule has 1 aliphatic heterocycles. The number of halogens is 1. The second-order valence-corrected chi connectivity index (χ2v) is 8.18. The van der Waals surface area contributed by atoms with Crippen molar-refractivity contribution in [3.8, 4) is 5.75 Å². The molecule has 0 radical (unpaired) electrons. The van der Waals surface area contributed by atoms with Gasteiger partial charge >= 0.3 is 0 Å². The van der Waals surface area contributed by atoms with E-state index in [0.717, 1.165) is 21.5 Å². The van der Waals surface area contributed by atoms with E-state index in [-0.39, 0.29) is 5.91 Å². The third-order valence-electron chi connectivity index (χ3n) is 3.45. The molecule has 0 atom stereocenters. The fraction of sp³-hybridized carbons (Fsp3) is 0.200. The zero-order valence-corrected chi connectivity index (χ0v) is 16.9. The van der Waals surface area contributed by atoms with Crippen molar-refractivity contribution in [3.63, 3.8) is 0 Å². The highest BCUT2D eigenvalue weighted by Crippen LogP contribution is 2.29. The average Bonchev–Trinajstić information content (AvgIpc) is 2.93. The van der Waals surface area contributed by atoms with Crippen LogP contribution in [-0.4, -0.2) is 17.7 Å². The molecule has 1 heterocycles. The molecule has 0 aliphatic carbocycles. The maximum absolute atomic E-state index is 12.2. The van der Waals surface area contributed by atoms with Crippen LogP contribution in [0.3, 0.4) is 0 Å². The third-order valence-corrected chi connectivity index (χ3v) is 4.85. The molecule has 0 saturated carbocycles. The molecular weight excluding hydrogens is 412 g/mol. The standard InChI is InChI=1S/C20H19BrN2O2S/c1-13(2)12-25-17-8-6-14(7-9-17)10-18-19(24)23-20(26-18)22-16-5-3-4-15(21)11-16/h3-11,13H,12H2,1-2H3,(H,22,23,24)/b18-10-. The largest absolute Gasteiger partial charge is 0.493 e. The number of thioether (sulfide) groups is 1. The Morgan fingerprint density at radius 2 is 2.00 bits per heavy atom. The molecule has 0 aromatic heterocycles. The first-order valence-electron chi connectivity index (χ1n) is 8.27. The number of nitrogens with zero attached hydrogens (tertiary/aromatic N) is 1. The number of aliphatic imine (C=N–C) groups is 1. The number of rotatable bonds is 5. The molecule has 0 spiro atoms. The van der Waals surface area contributed by atoms with E-state index in [2.05, 4.69) is 40.1 Å². The average molecular weight is 431 g/mol. The van der Waals surface area contributed by atoms with Crippen molar-refractivity contribution >= 4 is 50.5 Å². The fourth-order valence-electron chi connectivity index (χ4n) is 2.22. The van der Waals surface area contributed by atoms with Crippen molar-refractivity contribution in [2.75, 3.05) is 6.61 Å². The summed E-state index contributed by atoms with van der Waals surface area (Å²) in [6, 6.07) is 15.4. The lowest BCUT2D eigenvalue weighted by atomic mass is 10.2. The Morgan fingerprint density at radius 1 is 1.23 bits per heavy atom. The quantitative estimate of drug-likeness (QED) is 0.648. The summed E-state index contributed by atoms with van der Waals surface area (Å²) in [5, 5.41) is 3.38. The van der Waals surface area contributed by atoms with Gasteiger partial charge in [0.05, 0.1) is 17.2 Å². The van der Waals surface area contributed by atoms with Crippen molar-refractivity contribution in [3.05, 3.63) is 63.5 Å². The number of nitrogens with one attached hydrogen (secondary N) is 1. The third kappa shape index (κ3) is 5.22. The summed E-state index contributed by atoms with van der Waals surface area (Å²) < 4.78 is 6.63. The van der Waals surface area contributed by atoms with E-state index in [1.165, 1.54) is 11.8 Å². The van der Waals surface area contributed by atoms with Gasteiger partial charge in [-0.1, -0.05) is 48.0 Å². The van der Waals surface area contributed by atoms with Crippen molar-refractivity contribution in [1.82, 2.24) is 5.32 Å². The lowest BCUT2D eigenvalue weighted by Gasteiger charge is -2.08. The lowest BCUT2D eigenvalue weighted by Crippen LogP contribution is -2.19. The number of carbonyl (C=O) groups is 1. The molecule has 2 aromatic carbocycles.